The summed E-state index contributed by atoms with van der Waals surface area (Å²) in [5.74, 6) is 1.09. The molecule has 1 saturated carbocycles. The highest BCUT2D eigenvalue weighted by Crippen LogP contribution is 2.50. The maximum absolute atomic E-state index is 13.4. The summed E-state index contributed by atoms with van der Waals surface area (Å²) in [7, 11) is 0. The molecule has 1 fully saturated rings. The molecule has 3 nitrogen and oxygen atoms in total. The summed E-state index contributed by atoms with van der Waals surface area (Å²) in [5, 5.41) is 2.56. The standard InChI is InChI=1S/C35H36F3N3/c1-33(2,35(36,37)38)19-22-20-40-32(41-21-22)29-18-25-14-15-39-31(30(25)34(29,3)4)26-16-24-12-8-9-13-27(24)28(17-26)23-10-6-5-7-11-23/h8-9,12-18,20-21,23H,5-7,10-11,19H2,1-4H3. The van der Waals surface area contributed by atoms with E-state index in [1.54, 1.807) is 0 Å². The molecule has 2 aromatic carbocycles. The topological polar surface area (TPSA) is 38.7 Å². The van der Waals surface area contributed by atoms with Gasteiger partial charge < -0.3 is 0 Å². The first kappa shape index (κ1) is 27.6. The Labute approximate surface area is 240 Å². The Balaban J connectivity index is 1.38. The van der Waals surface area contributed by atoms with Gasteiger partial charge in [0.15, 0.2) is 5.82 Å². The number of nitrogens with zero attached hydrogens (tertiary/aromatic N) is 3. The lowest BCUT2D eigenvalue weighted by Crippen LogP contribution is -2.34. The van der Waals surface area contributed by atoms with Gasteiger partial charge in [0, 0.05) is 35.1 Å². The number of benzene rings is 2. The van der Waals surface area contributed by atoms with Gasteiger partial charge in [-0.25, -0.2) is 9.97 Å². The van der Waals surface area contributed by atoms with E-state index in [0.29, 0.717) is 17.3 Å². The van der Waals surface area contributed by atoms with Gasteiger partial charge in [-0.1, -0.05) is 71.2 Å². The van der Waals surface area contributed by atoms with Crippen LogP contribution in [0, 0.1) is 5.41 Å². The third kappa shape index (κ3) is 4.96. The van der Waals surface area contributed by atoms with E-state index in [0.717, 1.165) is 28.0 Å². The van der Waals surface area contributed by atoms with Gasteiger partial charge in [-0.2, -0.15) is 13.2 Å². The lowest BCUT2D eigenvalue weighted by atomic mass is 9.77. The first-order chi connectivity index (χ1) is 19.5. The molecule has 0 saturated heterocycles. The summed E-state index contributed by atoms with van der Waals surface area (Å²) >= 11 is 0. The third-order valence-corrected chi connectivity index (χ3v) is 9.15. The first-order valence-electron chi connectivity index (χ1n) is 14.6. The molecule has 0 N–H and O–H groups in total. The van der Waals surface area contributed by atoms with Crippen molar-refractivity contribution in [2.45, 2.75) is 83.7 Å². The van der Waals surface area contributed by atoms with E-state index in [9.17, 15) is 13.2 Å². The molecule has 6 heteroatoms. The van der Waals surface area contributed by atoms with Crippen molar-refractivity contribution in [1.29, 1.82) is 0 Å². The van der Waals surface area contributed by atoms with Gasteiger partial charge in [0.05, 0.1) is 11.1 Å². The molecule has 6 rings (SSSR count). The SMILES string of the molecule is CC1(C)C(c2ncc(CC(C)(C)C(F)(F)F)cn2)=Cc2ccnc(-c3cc(C4CCCCC4)c4ccccc4c3)c21. The van der Waals surface area contributed by atoms with E-state index < -0.39 is 17.0 Å². The second-order valence-electron chi connectivity index (χ2n) is 12.9. The number of rotatable bonds is 5. The van der Waals surface area contributed by atoms with Gasteiger partial charge in [-0.3, -0.25) is 4.98 Å². The predicted octanol–water partition coefficient (Wildman–Crippen LogP) is 9.70. The van der Waals surface area contributed by atoms with Crippen LogP contribution >= 0.6 is 0 Å². The van der Waals surface area contributed by atoms with Crippen LogP contribution in [0.25, 0.3) is 33.7 Å². The minimum atomic E-state index is -4.30. The first-order valence-corrected chi connectivity index (χ1v) is 14.6. The monoisotopic (exact) mass is 555 g/mol. The molecule has 0 amide bonds. The zero-order valence-electron chi connectivity index (χ0n) is 24.1. The molecule has 0 aliphatic heterocycles. The van der Waals surface area contributed by atoms with Crippen LogP contribution in [-0.4, -0.2) is 21.1 Å². The van der Waals surface area contributed by atoms with Crippen molar-refractivity contribution in [2.24, 2.45) is 5.41 Å². The van der Waals surface area contributed by atoms with E-state index in [-0.39, 0.29) is 6.42 Å². The van der Waals surface area contributed by atoms with Crippen LogP contribution in [0.15, 0.2) is 61.1 Å². The van der Waals surface area contributed by atoms with E-state index in [2.05, 4.69) is 66.3 Å². The van der Waals surface area contributed by atoms with Crippen molar-refractivity contribution in [2.75, 3.05) is 0 Å². The van der Waals surface area contributed by atoms with Gasteiger partial charge in [-0.15, -0.1) is 0 Å². The van der Waals surface area contributed by atoms with Gasteiger partial charge in [0.2, 0.25) is 0 Å². The highest BCUT2D eigenvalue weighted by molar-refractivity contribution is 5.96. The van der Waals surface area contributed by atoms with Crippen molar-refractivity contribution >= 4 is 22.4 Å². The normalized spacial score (nSPS) is 17.5. The molecule has 2 aliphatic carbocycles. The van der Waals surface area contributed by atoms with Gasteiger partial charge >= 0.3 is 6.18 Å². The molecule has 2 aliphatic rings. The summed E-state index contributed by atoms with van der Waals surface area (Å²) in [6, 6.07) is 15.3. The number of fused-ring (bicyclic) bond motifs is 2. The highest BCUT2D eigenvalue weighted by Gasteiger charge is 2.47. The van der Waals surface area contributed by atoms with Gasteiger partial charge in [0.1, 0.15) is 0 Å². The maximum Gasteiger partial charge on any atom is 0.394 e. The Bertz CT molecular complexity index is 1630. The van der Waals surface area contributed by atoms with Crippen LogP contribution in [0.3, 0.4) is 0 Å². The fraction of sp³-hybridized carbons (Fsp3) is 0.400. The predicted molar refractivity (Wildman–Crippen MR) is 159 cm³/mol. The average molecular weight is 556 g/mol. The molecule has 2 heterocycles. The minimum absolute atomic E-state index is 0.168. The number of pyridine rings is 1. The van der Waals surface area contributed by atoms with Crippen molar-refractivity contribution < 1.29 is 13.2 Å². The lowest BCUT2D eigenvalue weighted by molar-refractivity contribution is -0.211. The second kappa shape index (κ2) is 10.1. The van der Waals surface area contributed by atoms with Crippen LogP contribution < -0.4 is 0 Å². The van der Waals surface area contributed by atoms with Crippen LogP contribution in [-0.2, 0) is 11.8 Å². The number of aromatic nitrogens is 3. The Morgan fingerprint density at radius 2 is 1.61 bits per heavy atom. The van der Waals surface area contributed by atoms with Gasteiger partial charge in [-0.05, 0) is 82.5 Å². The fourth-order valence-electron chi connectivity index (χ4n) is 6.71. The minimum Gasteiger partial charge on any atom is -0.256 e. The summed E-state index contributed by atoms with van der Waals surface area (Å²) in [4.78, 5) is 14.0. The van der Waals surface area contributed by atoms with Crippen LogP contribution in [0.5, 0.6) is 0 Å². The zero-order valence-corrected chi connectivity index (χ0v) is 24.1. The molecule has 2 aromatic heterocycles. The summed E-state index contributed by atoms with van der Waals surface area (Å²) in [5.41, 5.74) is 4.83. The Morgan fingerprint density at radius 1 is 0.902 bits per heavy atom. The van der Waals surface area contributed by atoms with E-state index in [1.807, 2.05) is 12.3 Å². The Hall–Kier alpha value is -3.54. The summed E-state index contributed by atoms with van der Waals surface area (Å²) < 4.78 is 40.3. The molecule has 0 spiro atoms. The molecule has 212 valence electrons. The fourth-order valence-corrected chi connectivity index (χ4v) is 6.71. The molecule has 4 aromatic rings. The molecule has 0 unspecified atom stereocenters. The molecular formula is C35H36F3N3. The average Bonchev–Trinajstić information content (AvgIpc) is 3.23. The van der Waals surface area contributed by atoms with Crippen molar-refractivity contribution in [3.05, 3.63) is 89.1 Å². The number of hydrogen-bond donors (Lipinski definition) is 0. The highest BCUT2D eigenvalue weighted by atomic mass is 19.4. The Morgan fingerprint density at radius 3 is 2.32 bits per heavy atom. The smallest absolute Gasteiger partial charge is 0.256 e. The molecule has 41 heavy (non-hydrogen) atoms. The van der Waals surface area contributed by atoms with Crippen LogP contribution in [0.2, 0.25) is 0 Å². The van der Waals surface area contributed by atoms with Crippen molar-refractivity contribution in [3.8, 4) is 11.3 Å². The summed E-state index contributed by atoms with van der Waals surface area (Å²) in [6.45, 7) is 6.73. The van der Waals surface area contributed by atoms with E-state index in [4.69, 9.17) is 4.98 Å². The lowest BCUT2D eigenvalue weighted by Gasteiger charge is -2.28. The third-order valence-electron chi connectivity index (χ3n) is 9.15. The van der Waals surface area contributed by atoms with Crippen molar-refractivity contribution in [1.82, 2.24) is 15.0 Å². The second-order valence-corrected chi connectivity index (χ2v) is 12.9. The molecule has 0 radical (unpaired) electrons. The Kier molecular flexibility index (Phi) is 6.79. The molecule has 0 atom stereocenters. The maximum atomic E-state index is 13.4. The number of hydrogen-bond acceptors (Lipinski definition) is 3. The quantitative estimate of drug-likeness (QED) is 0.246. The molecular weight excluding hydrogens is 519 g/mol. The van der Waals surface area contributed by atoms with E-state index in [1.165, 1.54) is 74.7 Å². The molecule has 0 bridgehead atoms. The van der Waals surface area contributed by atoms with Crippen LogP contribution in [0.1, 0.15) is 93.8 Å². The largest absolute Gasteiger partial charge is 0.394 e. The van der Waals surface area contributed by atoms with E-state index >= 15 is 0 Å². The zero-order chi connectivity index (χ0) is 29.0. The van der Waals surface area contributed by atoms with Crippen molar-refractivity contribution in [3.63, 3.8) is 0 Å². The number of halogens is 3. The van der Waals surface area contributed by atoms with Crippen LogP contribution in [0.4, 0.5) is 13.2 Å². The van der Waals surface area contributed by atoms with Gasteiger partial charge in [0.25, 0.3) is 0 Å². The number of alkyl halides is 3. The summed E-state index contributed by atoms with van der Waals surface area (Å²) in [6.07, 6.45) is 8.88. The number of allylic oxidation sites excluding steroid dienone is 1.